The summed E-state index contributed by atoms with van der Waals surface area (Å²) in [6, 6.07) is 5.24. The standard InChI is InChI=1S/C14H20FNO/c1-4-16-12(9-14(2,3)17)8-10-7-11(15)5-6-13(10)16/h5-7,12,17H,4,8-9H2,1-3H3. The molecule has 0 radical (unpaired) electrons. The number of nitrogens with zero attached hydrogens (tertiary/aromatic N) is 1. The first kappa shape index (κ1) is 12.4. The first-order valence-electron chi connectivity index (χ1n) is 6.18. The normalized spacial score (nSPS) is 19.6. The molecule has 2 rings (SSSR count). The maximum atomic E-state index is 13.2. The van der Waals surface area contributed by atoms with Crippen molar-refractivity contribution < 1.29 is 9.50 Å². The fourth-order valence-corrected chi connectivity index (χ4v) is 2.75. The number of anilines is 1. The maximum Gasteiger partial charge on any atom is 0.123 e. The van der Waals surface area contributed by atoms with Gasteiger partial charge in [-0.3, -0.25) is 0 Å². The lowest BCUT2D eigenvalue weighted by Crippen LogP contribution is -2.38. The van der Waals surface area contributed by atoms with Crippen molar-refractivity contribution in [2.75, 3.05) is 11.4 Å². The van der Waals surface area contributed by atoms with Crippen LogP contribution in [0.3, 0.4) is 0 Å². The van der Waals surface area contributed by atoms with Crippen LogP contribution in [0.5, 0.6) is 0 Å². The number of benzene rings is 1. The van der Waals surface area contributed by atoms with Crippen LogP contribution in [0.25, 0.3) is 0 Å². The molecule has 0 bridgehead atoms. The number of hydrogen-bond donors (Lipinski definition) is 1. The predicted octanol–water partition coefficient (Wildman–Crippen LogP) is 2.74. The Bertz CT molecular complexity index is 411. The zero-order valence-electron chi connectivity index (χ0n) is 10.7. The van der Waals surface area contributed by atoms with Crippen molar-refractivity contribution in [1.82, 2.24) is 0 Å². The molecule has 94 valence electrons. The van der Waals surface area contributed by atoms with Gasteiger partial charge < -0.3 is 10.0 Å². The Labute approximate surface area is 102 Å². The summed E-state index contributed by atoms with van der Waals surface area (Å²) in [7, 11) is 0. The Hall–Kier alpha value is -1.09. The number of aliphatic hydroxyl groups is 1. The lowest BCUT2D eigenvalue weighted by Gasteiger charge is -2.30. The molecule has 1 aromatic carbocycles. The third-order valence-electron chi connectivity index (χ3n) is 3.32. The Morgan fingerprint density at radius 2 is 2.18 bits per heavy atom. The Morgan fingerprint density at radius 1 is 1.47 bits per heavy atom. The first-order chi connectivity index (χ1) is 7.90. The Morgan fingerprint density at radius 3 is 2.76 bits per heavy atom. The van der Waals surface area contributed by atoms with E-state index in [1.807, 2.05) is 19.9 Å². The van der Waals surface area contributed by atoms with E-state index in [0.29, 0.717) is 6.42 Å². The van der Waals surface area contributed by atoms with Crippen LogP contribution in [-0.2, 0) is 6.42 Å². The van der Waals surface area contributed by atoms with Gasteiger partial charge in [-0.05, 0) is 57.4 Å². The topological polar surface area (TPSA) is 23.5 Å². The smallest absolute Gasteiger partial charge is 0.123 e. The average Bonchev–Trinajstić information content (AvgIpc) is 2.51. The molecular weight excluding hydrogens is 217 g/mol. The quantitative estimate of drug-likeness (QED) is 0.873. The maximum absolute atomic E-state index is 13.2. The lowest BCUT2D eigenvalue weighted by molar-refractivity contribution is 0.0636. The van der Waals surface area contributed by atoms with Crippen LogP contribution in [0.1, 0.15) is 32.8 Å². The number of halogens is 1. The molecule has 0 amide bonds. The van der Waals surface area contributed by atoms with Crippen molar-refractivity contribution in [2.45, 2.75) is 45.3 Å². The monoisotopic (exact) mass is 237 g/mol. The molecular formula is C14H20FNO. The third kappa shape index (κ3) is 2.60. The molecule has 3 heteroatoms. The SMILES string of the molecule is CCN1c2ccc(F)cc2CC1CC(C)(C)O. The van der Waals surface area contributed by atoms with Crippen LogP contribution in [0.2, 0.25) is 0 Å². The van der Waals surface area contributed by atoms with Gasteiger partial charge in [-0.15, -0.1) is 0 Å². The van der Waals surface area contributed by atoms with E-state index >= 15 is 0 Å². The van der Waals surface area contributed by atoms with Gasteiger partial charge in [0.05, 0.1) is 5.60 Å². The molecule has 2 nitrogen and oxygen atoms in total. The van der Waals surface area contributed by atoms with Gasteiger partial charge in [0.1, 0.15) is 5.82 Å². The Kier molecular flexibility index (Phi) is 3.13. The van der Waals surface area contributed by atoms with Crippen molar-refractivity contribution in [2.24, 2.45) is 0 Å². The van der Waals surface area contributed by atoms with E-state index in [1.165, 1.54) is 6.07 Å². The van der Waals surface area contributed by atoms with Gasteiger partial charge >= 0.3 is 0 Å². The highest BCUT2D eigenvalue weighted by Gasteiger charge is 2.32. The minimum absolute atomic E-state index is 0.177. The Balaban J connectivity index is 2.25. The van der Waals surface area contributed by atoms with Crippen molar-refractivity contribution in [3.8, 4) is 0 Å². The van der Waals surface area contributed by atoms with E-state index in [-0.39, 0.29) is 11.9 Å². The summed E-state index contributed by atoms with van der Waals surface area (Å²) >= 11 is 0. The molecule has 1 atom stereocenters. The van der Waals surface area contributed by atoms with Gasteiger partial charge in [0.15, 0.2) is 0 Å². The van der Waals surface area contributed by atoms with Crippen LogP contribution >= 0.6 is 0 Å². The van der Waals surface area contributed by atoms with Crippen molar-refractivity contribution >= 4 is 5.69 Å². The lowest BCUT2D eigenvalue weighted by atomic mass is 9.96. The molecule has 1 N–H and O–H groups in total. The van der Waals surface area contributed by atoms with E-state index in [9.17, 15) is 9.50 Å². The van der Waals surface area contributed by atoms with E-state index < -0.39 is 5.60 Å². The number of hydrogen-bond acceptors (Lipinski definition) is 2. The number of rotatable bonds is 3. The molecule has 0 saturated heterocycles. The fraction of sp³-hybridized carbons (Fsp3) is 0.571. The third-order valence-corrected chi connectivity index (χ3v) is 3.32. The second kappa shape index (κ2) is 4.30. The zero-order valence-corrected chi connectivity index (χ0v) is 10.7. The van der Waals surface area contributed by atoms with Crippen LogP contribution in [0.4, 0.5) is 10.1 Å². The summed E-state index contributed by atoms with van der Waals surface area (Å²) in [5, 5.41) is 9.92. The van der Waals surface area contributed by atoms with E-state index in [4.69, 9.17) is 0 Å². The van der Waals surface area contributed by atoms with E-state index in [2.05, 4.69) is 11.8 Å². The summed E-state index contributed by atoms with van der Waals surface area (Å²) in [5.74, 6) is -0.177. The van der Waals surface area contributed by atoms with Gasteiger partial charge in [0, 0.05) is 18.3 Å². The van der Waals surface area contributed by atoms with Crippen LogP contribution < -0.4 is 4.90 Å². The summed E-state index contributed by atoms with van der Waals surface area (Å²) in [6.07, 6.45) is 1.53. The highest BCUT2D eigenvalue weighted by atomic mass is 19.1. The summed E-state index contributed by atoms with van der Waals surface area (Å²) in [5.41, 5.74) is 1.49. The molecule has 17 heavy (non-hydrogen) atoms. The van der Waals surface area contributed by atoms with E-state index in [1.54, 1.807) is 6.07 Å². The summed E-state index contributed by atoms with van der Waals surface area (Å²) in [4.78, 5) is 2.26. The van der Waals surface area contributed by atoms with Gasteiger partial charge in [0.2, 0.25) is 0 Å². The predicted molar refractivity (Wildman–Crippen MR) is 67.8 cm³/mol. The number of fused-ring (bicyclic) bond motifs is 1. The molecule has 1 aliphatic heterocycles. The van der Waals surface area contributed by atoms with Gasteiger partial charge in [-0.1, -0.05) is 0 Å². The largest absolute Gasteiger partial charge is 0.390 e. The minimum atomic E-state index is -0.682. The molecule has 1 aliphatic rings. The highest BCUT2D eigenvalue weighted by molar-refractivity contribution is 5.59. The molecule has 0 saturated carbocycles. The molecule has 0 spiro atoms. The zero-order chi connectivity index (χ0) is 12.6. The van der Waals surface area contributed by atoms with Crippen LogP contribution in [0, 0.1) is 5.82 Å². The van der Waals surface area contributed by atoms with Gasteiger partial charge in [-0.2, -0.15) is 0 Å². The van der Waals surface area contributed by atoms with Crippen molar-refractivity contribution in [1.29, 1.82) is 0 Å². The average molecular weight is 237 g/mol. The first-order valence-corrected chi connectivity index (χ1v) is 6.18. The van der Waals surface area contributed by atoms with Gasteiger partial charge in [-0.25, -0.2) is 4.39 Å². The second-order valence-corrected chi connectivity index (χ2v) is 5.43. The summed E-state index contributed by atoms with van der Waals surface area (Å²) in [6.45, 7) is 6.63. The summed E-state index contributed by atoms with van der Waals surface area (Å²) < 4.78 is 13.2. The van der Waals surface area contributed by atoms with Crippen LogP contribution in [-0.4, -0.2) is 23.3 Å². The van der Waals surface area contributed by atoms with E-state index in [0.717, 1.165) is 24.2 Å². The van der Waals surface area contributed by atoms with Crippen LogP contribution in [0.15, 0.2) is 18.2 Å². The van der Waals surface area contributed by atoms with Gasteiger partial charge in [0.25, 0.3) is 0 Å². The molecule has 1 unspecified atom stereocenters. The second-order valence-electron chi connectivity index (χ2n) is 5.43. The minimum Gasteiger partial charge on any atom is -0.390 e. The molecule has 0 aromatic heterocycles. The van der Waals surface area contributed by atoms with Crippen molar-refractivity contribution in [3.63, 3.8) is 0 Å². The molecule has 0 fully saturated rings. The highest BCUT2D eigenvalue weighted by Crippen LogP contribution is 2.35. The molecule has 1 heterocycles. The molecule has 1 aromatic rings. The molecule has 0 aliphatic carbocycles. The fourth-order valence-electron chi connectivity index (χ4n) is 2.75. The number of likely N-dealkylation sites (N-methyl/N-ethyl adjacent to an activating group) is 1. The van der Waals surface area contributed by atoms with Crippen molar-refractivity contribution in [3.05, 3.63) is 29.6 Å².